The molecule has 0 nitrogen and oxygen atoms in total. The van der Waals surface area contributed by atoms with Gasteiger partial charge in [0.25, 0.3) is 0 Å². The van der Waals surface area contributed by atoms with Crippen LogP contribution in [0.4, 0.5) is 0 Å². The molecule has 0 aromatic carbocycles. The van der Waals surface area contributed by atoms with E-state index in [2.05, 4.69) is 50.3 Å². The lowest BCUT2D eigenvalue weighted by Crippen LogP contribution is -2.03. The molecule has 2 atom stereocenters. The third kappa shape index (κ3) is 7.72. The van der Waals surface area contributed by atoms with E-state index in [-0.39, 0.29) is 0 Å². The first-order chi connectivity index (χ1) is 9.88. The van der Waals surface area contributed by atoms with Gasteiger partial charge in [0.05, 0.1) is 0 Å². The molecule has 114 valence electrons. The van der Waals surface area contributed by atoms with Gasteiger partial charge in [0.15, 0.2) is 0 Å². The zero-order chi connectivity index (χ0) is 14.5. The van der Waals surface area contributed by atoms with Gasteiger partial charge in [-0.3, -0.25) is 0 Å². The van der Waals surface area contributed by atoms with Crippen molar-refractivity contribution in [1.29, 1.82) is 0 Å². The molecule has 0 aromatic heterocycles. The van der Waals surface area contributed by atoms with Crippen molar-refractivity contribution in [3.63, 3.8) is 0 Å². The summed E-state index contributed by atoms with van der Waals surface area (Å²) in [4.78, 5) is 0. The maximum absolute atomic E-state index is 2.51. The summed E-state index contributed by atoms with van der Waals surface area (Å²) in [6.07, 6.45) is 27.4. The fourth-order valence-electron chi connectivity index (χ4n) is 3.07. The summed E-state index contributed by atoms with van der Waals surface area (Å²) in [5.74, 6) is 1.76. The van der Waals surface area contributed by atoms with Crippen LogP contribution in [0.25, 0.3) is 0 Å². The van der Waals surface area contributed by atoms with Crippen molar-refractivity contribution in [3.8, 4) is 0 Å². The fourth-order valence-corrected chi connectivity index (χ4v) is 3.07. The maximum atomic E-state index is 2.51. The summed E-state index contributed by atoms with van der Waals surface area (Å²) < 4.78 is 0. The molecule has 1 aliphatic carbocycles. The van der Waals surface area contributed by atoms with E-state index < -0.39 is 0 Å². The van der Waals surface area contributed by atoms with E-state index in [0.717, 1.165) is 11.8 Å². The van der Waals surface area contributed by atoms with Crippen molar-refractivity contribution in [3.05, 3.63) is 36.5 Å². The molecule has 1 rings (SSSR count). The molecule has 0 saturated heterocycles. The van der Waals surface area contributed by atoms with Gasteiger partial charge in [0.2, 0.25) is 0 Å². The third-order valence-electron chi connectivity index (χ3n) is 4.33. The minimum atomic E-state index is 0.848. The Labute approximate surface area is 127 Å². The summed E-state index contributed by atoms with van der Waals surface area (Å²) in [5.41, 5.74) is 0. The second-order valence-electron chi connectivity index (χ2n) is 6.09. The first-order valence-electron chi connectivity index (χ1n) is 8.85. The fraction of sp³-hybridized carbons (Fsp3) is 0.700. The van der Waals surface area contributed by atoms with Crippen LogP contribution in [0.1, 0.15) is 78.1 Å². The molecule has 0 aliphatic heterocycles. The Morgan fingerprint density at radius 3 is 2.45 bits per heavy atom. The van der Waals surface area contributed by atoms with Gasteiger partial charge in [-0.05, 0) is 56.8 Å². The molecule has 0 spiro atoms. The molecule has 0 heteroatoms. The summed E-state index contributed by atoms with van der Waals surface area (Å²) >= 11 is 0. The van der Waals surface area contributed by atoms with Crippen LogP contribution in [0.15, 0.2) is 36.5 Å². The van der Waals surface area contributed by atoms with Crippen molar-refractivity contribution >= 4 is 0 Å². The van der Waals surface area contributed by atoms with E-state index in [1.807, 2.05) is 0 Å². The van der Waals surface area contributed by atoms with E-state index in [1.165, 1.54) is 64.2 Å². The molecule has 1 saturated carbocycles. The minimum absolute atomic E-state index is 0.848. The second-order valence-corrected chi connectivity index (χ2v) is 6.09. The summed E-state index contributed by atoms with van der Waals surface area (Å²) in [6, 6.07) is 0. The molecular formula is C20H34. The van der Waals surface area contributed by atoms with Crippen LogP contribution in [-0.4, -0.2) is 0 Å². The molecule has 1 aliphatic rings. The van der Waals surface area contributed by atoms with E-state index in [9.17, 15) is 0 Å². The Bertz CT molecular complexity index is 295. The van der Waals surface area contributed by atoms with Gasteiger partial charge < -0.3 is 0 Å². The molecule has 0 unspecified atom stereocenters. The lowest BCUT2D eigenvalue weighted by atomic mass is 9.92. The standard InChI is InChI=1S/C20H34/c1-3-5-7-9-11-13-16-20-18-14-17-19(20)15-12-10-8-6-4-2/h5,7,10,12-13,16,19-20H,3-4,6,8-9,11,14-15,17-18H2,1-2H3/t19-,20-/m0/s1. The van der Waals surface area contributed by atoms with Crippen molar-refractivity contribution in [2.75, 3.05) is 0 Å². The molecule has 0 radical (unpaired) electrons. The predicted octanol–water partition coefficient (Wildman–Crippen LogP) is 6.84. The quantitative estimate of drug-likeness (QED) is 0.302. The van der Waals surface area contributed by atoms with Crippen molar-refractivity contribution in [1.82, 2.24) is 0 Å². The average Bonchev–Trinajstić information content (AvgIpc) is 2.90. The lowest BCUT2D eigenvalue weighted by molar-refractivity contribution is 0.463. The van der Waals surface area contributed by atoms with E-state index in [0.29, 0.717) is 0 Å². The van der Waals surface area contributed by atoms with Gasteiger partial charge in [0.1, 0.15) is 0 Å². The number of allylic oxidation sites excluding steroid dienone is 6. The summed E-state index contributed by atoms with van der Waals surface area (Å²) in [5, 5.41) is 0. The first-order valence-corrected chi connectivity index (χ1v) is 8.85. The first kappa shape index (κ1) is 17.3. The van der Waals surface area contributed by atoms with Gasteiger partial charge in [-0.25, -0.2) is 0 Å². The summed E-state index contributed by atoms with van der Waals surface area (Å²) in [6.45, 7) is 4.46. The van der Waals surface area contributed by atoms with Crippen molar-refractivity contribution in [2.45, 2.75) is 78.1 Å². The molecule has 0 bridgehead atoms. The van der Waals surface area contributed by atoms with Crippen LogP contribution in [0.3, 0.4) is 0 Å². The van der Waals surface area contributed by atoms with E-state index in [4.69, 9.17) is 0 Å². The van der Waals surface area contributed by atoms with Gasteiger partial charge in [-0.2, -0.15) is 0 Å². The predicted molar refractivity (Wildman–Crippen MR) is 91.9 cm³/mol. The van der Waals surface area contributed by atoms with Crippen LogP contribution < -0.4 is 0 Å². The monoisotopic (exact) mass is 274 g/mol. The molecule has 0 amide bonds. The topological polar surface area (TPSA) is 0 Å². The van der Waals surface area contributed by atoms with Crippen LogP contribution in [0.2, 0.25) is 0 Å². The lowest BCUT2D eigenvalue weighted by Gasteiger charge is -2.13. The number of hydrogen-bond acceptors (Lipinski definition) is 0. The average molecular weight is 274 g/mol. The number of unbranched alkanes of at least 4 members (excludes halogenated alkanes) is 3. The highest BCUT2D eigenvalue weighted by Gasteiger charge is 2.23. The van der Waals surface area contributed by atoms with Crippen LogP contribution in [0, 0.1) is 11.8 Å². The normalized spacial score (nSPS) is 23.7. The highest BCUT2D eigenvalue weighted by atomic mass is 14.3. The summed E-state index contributed by atoms with van der Waals surface area (Å²) in [7, 11) is 0. The van der Waals surface area contributed by atoms with Gasteiger partial charge >= 0.3 is 0 Å². The largest absolute Gasteiger partial charge is 0.0888 e. The molecule has 1 fully saturated rings. The highest BCUT2D eigenvalue weighted by molar-refractivity contribution is 4.98. The third-order valence-corrected chi connectivity index (χ3v) is 4.33. The number of rotatable bonds is 10. The maximum Gasteiger partial charge on any atom is -0.0202 e. The van der Waals surface area contributed by atoms with Gasteiger partial charge in [0, 0.05) is 0 Å². The SMILES string of the molecule is CCC=CCCC=C[C@H]1CCC[C@@H]1CC=CCCCC. The zero-order valence-electron chi connectivity index (χ0n) is 13.7. The Morgan fingerprint density at radius 2 is 1.65 bits per heavy atom. The van der Waals surface area contributed by atoms with Crippen LogP contribution >= 0.6 is 0 Å². The van der Waals surface area contributed by atoms with Gasteiger partial charge in [-0.1, -0.05) is 69.6 Å². The molecule has 0 N–H and O–H groups in total. The Kier molecular flexibility index (Phi) is 10.4. The van der Waals surface area contributed by atoms with Crippen LogP contribution in [0.5, 0.6) is 0 Å². The highest BCUT2D eigenvalue weighted by Crippen LogP contribution is 2.35. The molecule has 20 heavy (non-hydrogen) atoms. The van der Waals surface area contributed by atoms with Crippen LogP contribution in [-0.2, 0) is 0 Å². The molecule has 0 heterocycles. The minimum Gasteiger partial charge on any atom is -0.0888 e. The van der Waals surface area contributed by atoms with Crippen molar-refractivity contribution in [2.24, 2.45) is 11.8 Å². The zero-order valence-corrected chi connectivity index (χ0v) is 13.7. The number of hydrogen-bond donors (Lipinski definition) is 0. The Hall–Kier alpha value is -0.780. The van der Waals surface area contributed by atoms with Gasteiger partial charge in [-0.15, -0.1) is 0 Å². The molecular weight excluding hydrogens is 240 g/mol. The Morgan fingerprint density at radius 1 is 0.850 bits per heavy atom. The second kappa shape index (κ2) is 12.0. The molecule has 0 aromatic rings. The van der Waals surface area contributed by atoms with Crippen molar-refractivity contribution < 1.29 is 0 Å². The Balaban J connectivity index is 2.21. The van der Waals surface area contributed by atoms with E-state index in [1.54, 1.807) is 0 Å². The smallest absolute Gasteiger partial charge is 0.0202 e. The van der Waals surface area contributed by atoms with E-state index >= 15 is 0 Å².